The predicted molar refractivity (Wildman–Crippen MR) is 101 cm³/mol. The lowest BCUT2D eigenvalue weighted by atomic mass is 10.2. The van der Waals surface area contributed by atoms with Gasteiger partial charge in [-0.1, -0.05) is 18.2 Å². The second kappa shape index (κ2) is 7.95. The van der Waals surface area contributed by atoms with Crippen molar-refractivity contribution in [3.63, 3.8) is 0 Å². The quantitative estimate of drug-likeness (QED) is 0.617. The van der Waals surface area contributed by atoms with Gasteiger partial charge in [-0.3, -0.25) is 4.99 Å². The highest BCUT2D eigenvalue weighted by Gasteiger charge is 2.30. The van der Waals surface area contributed by atoms with Gasteiger partial charge in [0.1, 0.15) is 23.7 Å². The Kier molecular flexibility index (Phi) is 5.44. The summed E-state index contributed by atoms with van der Waals surface area (Å²) in [5.41, 5.74) is 8.66. The summed E-state index contributed by atoms with van der Waals surface area (Å²) in [6.45, 7) is 1.93. The molecule has 3 N–H and O–H groups in total. The Hall–Kier alpha value is -3.62. The molecular formula is C19H16F3N5O. The zero-order chi connectivity index (χ0) is 20.1. The van der Waals surface area contributed by atoms with Crippen LogP contribution < -0.4 is 15.8 Å². The van der Waals surface area contributed by atoms with E-state index in [4.69, 9.17) is 5.73 Å². The summed E-state index contributed by atoms with van der Waals surface area (Å²) in [5, 5.41) is 3.00. The number of ether oxygens (including phenoxy) is 1. The van der Waals surface area contributed by atoms with Crippen LogP contribution in [-0.2, 0) is 0 Å². The van der Waals surface area contributed by atoms with E-state index < -0.39 is 6.36 Å². The molecule has 6 nitrogen and oxygen atoms in total. The van der Waals surface area contributed by atoms with Gasteiger partial charge in [0.25, 0.3) is 0 Å². The number of nitrogens with zero attached hydrogens (tertiary/aromatic N) is 3. The van der Waals surface area contributed by atoms with Crippen molar-refractivity contribution < 1.29 is 17.9 Å². The van der Waals surface area contributed by atoms with E-state index in [0.717, 1.165) is 11.3 Å². The summed E-state index contributed by atoms with van der Waals surface area (Å²) >= 11 is 0. The van der Waals surface area contributed by atoms with Crippen LogP contribution in [-0.4, -0.2) is 22.5 Å². The molecule has 0 unspecified atom stereocenters. The molecular weight excluding hydrogens is 371 g/mol. The number of rotatable bonds is 5. The normalized spacial score (nSPS) is 11.6. The average Bonchev–Trinajstić information content (AvgIpc) is 2.63. The van der Waals surface area contributed by atoms with Gasteiger partial charge in [-0.05, 0) is 42.8 Å². The van der Waals surface area contributed by atoms with Crippen LogP contribution in [0.15, 0.2) is 59.9 Å². The van der Waals surface area contributed by atoms with Gasteiger partial charge in [-0.15, -0.1) is 13.2 Å². The van der Waals surface area contributed by atoms with Crippen LogP contribution in [0.3, 0.4) is 0 Å². The molecule has 0 saturated carbocycles. The highest BCUT2D eigenvalue weighted by Crippen LogP contribution is 2.26. The Morgan fingerprint density at radius 2 is 1.79 bits per heavy atom. The number of halogens is 3. The standard InChI is InChI=1S/C19H16F3N5O/c1-12-4-2-3-5-16(12)24-10-15-17(23)25-11-26-18(15)27-13-6-8-14(9-7-13)28-19(20,21)22/h2-11H,1H3,(H3,23,25,26,27). The Balaban J connectivity index is 1.83. The van der Waals surface area contributed by atoms with E-state index in [1.807, 2.05) is 31.2 Å². The average molecular weight is 387 g/mol. The van der Waals surface area contributed by atoms with Crippen molar-refractivity contribution in [2.75, 3.05) is 11.1 Å². The third-order valence-corrected chi connectivity index (χ3v) is 3.71. The van der Waals surface area contributed by atoms with Crippen molar-refractivity contribution in [3.8, 4) is 5.75 Å². The van der Waals surface area contributed by atoms with E-state index in [9.17, 15) is 13.2 Å². The minimum Gasteiger partial charge on any atom is -0.406 e. The Morgan fingerprint density at radius 3 is 2.46 bits per heavy atom. The van der Waals surface area contributed by atoms with Crippen molar-refractivity contribution in [1.82, 2.24) is 9.97 Å². The number of hydrogen-bond acceptors (Lipinski definition) is 6. The Morgan fingerprint density at radius 1 is 1.07 bits per heavy atom. The summed E-state index contributed by atoms with van der Waals surface area (Å²) in [7, 11) is 0. The van der Waals surface area contributed by atoms with E-state index in [1.54, 1.807) is 6.21 Å². The molecule has 28 heavy (non-hydrogen) atoms. The van der Waals surface area contributed by atoms with E-state index >= 15 is 0 Å². The molecule has 0 radical (unpaired) electrons. The first kappa shape index (κ1) is 19.2. The van der Waals surface area contributed by atoms with Crippen molar-refractivity contribution >= 4 is 29.2 Å². The smallest absolute Gasteiger partial charge is 0.406 e. The number of para-hydroxylation sites is 1. The van der Waals surface area contributed by atoms with Gasteiger partial charge in [0, 0.05) is 11.9 Å². The van der Waals surface area contributed by atoms with Crippen LogP contribution in [0.1, 0.15) is 11.1 Å². The monoisotopic (exact) mass is 387 g/mol. The second-order valence-electron chi connectivity index (χ2n) is 5.76. The SMILES string of the molecule is Cc1ccccc1N=Cc1c(N)ncnc1Nc1ccc(OC(F)(F)F)cc1. The second-order valence-corrected chi connectivity index (χ2v) is 5.76. The largest absolute Gasteiger partial charge is 0.573 e. The van der Waals surface area contributed by atoms with Crippen LogP contribution in [0, 0.1) is 6.92 Å². The lowest BCUT2D eigenvalue weighted by Gasteiger charge is -2.12. The van der Waals surface area contributed by atoms with Gasteiger partial charge in [-0.2, -0.15) is 0 Å². The number of aliphatic imine (C=N–C) groups is 1. The lowest BCUT2D eigenvalue weighted by Crippen LogP contribution is -2.17. The molecule has 144 valence electrons. The summed E-state index contributed by atoms with van der Waals surface area (Å²) < 4.78 is 40.6. The molecule has 2 aromatic carbocycles. The lowest BCUT2D eigenvalue weighted by molar-refractivity contribution is -0.274. The van der Waals surface area contributed by atoms with Crippen molar-refractivity contribution in [1.29, 1.82) is 0 Å². The van der Waals surface area contributed by atoms with E-state index in [2.05, 4.69) is 25.0 Å². The fourth-order valence-corrected chi connectivity index (χ4v) is 2.36. The number of nitrogens with two attached hydrogens (primary N) is 1. The zero-order valence-corrected chi connectivity index (χ0v) is 14.7. The molecule has 1 aromatic heterocycles. The molecule has 0 bridgehead atoms. The van der Waals surface area contributed by atoms with E-state index in [-0.39, 0.29) is 11.6 Å². The Bertz CT molecular complexity index is 988. The van der Waals surface area contributed by atoms with Crippen molar-refractivity contribution in [2.24, 2.45) is 4.99 Å². The molecule has 3 rings (SSSR count). The third-order valence-electron chi connectivity index (χ3n) is 3.71. The number of nitrogens with one attached hydrogen (secondary N) is 1. The first-order valence-electron chi connectivity index (χ1n) is 8.15. The molecule has 0 fully saturated rings. The molecule has 0 aliphatic carbocycles. The minimum atomic E-state index is -4.74. The number of nitrogen functional groups attached to an aromatic ring is 1. The number of benzene rings is 2. The van der Waals surface area contributed by atoms with Crippen LogP contribution in [0.2, 0.25) is 0 Å². The van der Waals surface area contributed by atoms with Gasteiger partial charge in [0.2, 0.25) is 0 Å². The topological polar surface area (TPSA) is 85.4 Å². The van der Waals surface area contributed by atoms with Crippen molar-refractivity contribution in [2.45, 2.75) is 13.3 Å². The van der Waals surface area contributed by atoms with Gasteiger partial charge in [-0.25, -0.2) is 9.97 Å². The summed E-state index contributed by atoms with van der Waals surface area (Å²) in [6.07, 6.45) is -1.92. The molecule has 0 atom stereocenters. The molecule has 0 saturated heterocycles. The highest BCUT2D eigenvalue weighted by molar-refractivity contribution is 5.94. The minimum absolute atomic E-state index is 0.215. The van der Waals surface area contributed by atoms with Gasteiger partial charge in [0.05, 0.1) is 11.3 Å². The summed E-state index contributed by atoms with van der Waals surface area (Å²) in [4.78, 5) is 12.5. The van der Waals surface area contributed by atoms with E-state index in [0.29, 0.717) is 17.1 Å². The van der Waals surface area contributed by atoms with E-state index in [1.165, 1.54) is 30.6 Å². The molecule has 0 aliphatic heterocycles. The number of aromatic nitrogens is 2. The Labute approximate surface area is 158 Å². The third kappa shape index (κ3) is 4.97. The predicted octanol–water partition coefficient (Wildman–Crippen LogP) is 4.76. The summed E-state index contributed by atoms with van der Waals surface area (Å²) in [5.74, 6) is 0.266. The van der Waals surface area contributed by atoms with Crippen LogP contribution in [0.5, 0.6) is 5.75 Å². The molecule has 1 heterocycles. The molecule has 0 spiro atoms. The first-order chi connectivity index (χ1) is 13.3. The number of hydrogen-bond donors (Lipinski definition) is 2. The van der Waals surface area contributed by atoms with Crippen LogP contribution >= 0.6 is 0 Å². The fourth-order valence-electron chi connectivity index (χ4n) is 2.36. The molecule has 9 heteroatoms. The maximum Gasteiger partial charge on any atom is 0.573 e. The maximum atomic E-state index is 12.3. The van der Waals surface area contributed by atoms with Gasteiger partial charge in [0.15, 0.2) is 0 Å². The fraction of sp³-hybridized carbons (Fsp3) is 0.105. The number of anilines is 3. The first-order valence-corrected chi connectivity index (χ1v) is 8.15. The van der Waals surface area contributed by atoms with Crippen molar-refractivity contribution in [3.05, 3.63) is 66.0 Å². The molecule has 0 aliphatic rings. The van der Waals surface area contributed by atoms with Crippen LogP contribution in [0.25, 0.3) is 0 Å². The van der Waals surface area contributed by atoms with Crippen LogP contribution in [0.4, 0.5) is 36.2 Å². The molecule has 0 amide bonds. The molecule has 3 aromatic rings. The number of alkyl halides is 3. The maximum absolute atomic E-state index is 12.3. The summed E-state index contributed by atoms with van der Waals surface area (Å²) in [6, 6.07) is 12.8. The van der Waals surface area contributed by atoms with Gasteiger partial charge >= 0.3 is 6.36 Å². The zero-order valence-electron chi connectivity index (χ0n) is 14.7. The van der Waals surface area contributed by atoms with Gasteiger partial charge < -0.3 is 15.8 Å². The highest BCUT2D eigenvalue weighted by atomic mass is 19.4. The number of aryl methyl sites for hydroxylation is 1.